The first kappa shape index (κ1) is 8.97. The molecule has 0 radical (unpaired) electrons. The van der Waals surface area contributed by atoms with Crippen molar-refractivity contribution in [3.05, 3.63) is 24.2 Å². The molecule has 1 N–H and O–H groups in total. The van der Waals surface area contributed by atoms with E-state index in [0.717, 1.165) is 25.9 Å². The monoisotopic (exact) mass is 206 g/mol. The van der Waals surface area contributed by atoms with Crippen LogP contribution in [-0.2, 0) is 0 Å². The lowest BCUT2D eigenvalue weighted by atomic mass is 10.0. The van der Waals surface area contributed by atoms with Crippen molar-refractivity contribution in [1.29, 1.82) is 0 Å². The van der Waals surface area contributed by atoms with Gasteiger partial charge in [0.2, 0.25) is 0 Å². The minimum absolute atomic E-state index is 0.0344. The van der Waals surface area contributed by atoms with Crippen LogP contribution in [0.3, 0.4) is 0 Å². The van der Waals surface area contributed by atoms with Crippen LogP contribution in [0.15, 0.2) is 22.8 Å². The van der Waals surface area contributed by atoms with Gasteiger partial charge in [0.1, 0.15) is 0 Å². The Kier molecular flexibility index (Phi) is 2.02. The number of nitrogens with one attached hydrogen (secondary N) is 1. The molecule has 1 amide bonds. The summed E-state index contributed by atoms with van der Waals surface area (Å²) in [5, 5.41) is 3.42. The third-order valence-corrected chi connectivity index (χ3v) is 3.35. The lowest BCUT2D eigenvalue weighted by molar-refractivity contribution is 0.0625. The first-order valence-corrected chi connectivity index (χ1v) is 5.42. The second kappa shape index (κ2) is 3.38. The third-order valence-electron chi connectivity index (χ3n) is 3.35. The Hall–Kier alpha value is -1.29. The summed E-state index contributed by atoms with van der Waals surface area (Å²) in [6, 6.07) is 4.47. The highest BCUT2D eigenvalue weighted by Crippen LogP contribution is 2.24. The SMILES string of the molecule is O=C(c1ccco1)N1CCC2CC1CN2. The van der Waals surface area contributed by atoms with E-state index in [1.807, 2.05) is 4.90 Å². The first-order chi connectivity index (χ1) is 7.34. The number of likely N-dealkylation sites (tertiary alicyclic amines) is 1. The molecule has 2 unspecified atom stereocenters. The van der Waals surface area contributed by atoms with Crippen LogP contribution in [0, 0.1) is 0 Å². The number of furan rings is 1. The first-order valence-electron chi connectivity index (χ1n) is 5.42. The fraction of sp³-hybridized carbons (Fsp3) is 0.545. The number of hydrogen-bond acceptors (Lipinski definition) is 3. The minimum atomic E-state index is 0.0344. The van der Waals surface area contributed by atoms with Crippen LogP contribution in [0.1, 0.15) is 23.4 Å². The van der Waals surface area contributed by atoms with Crippen LogP contribution < -0.4 is 5.32 Å². The van der Waals surface area contributed by atoms with Crippen LogP contribution in [0.4, 0.5) is 0 Å². The zero-order chi connectivity index (χ0) is 10.3. The average Bonchev–Trinajstić information content (AvgIpc) is 2.88. The van der Waals surface area contributed by atoms with E-state index in [-0.39, 0.29) is 5.91 Å². The van der Waals surface area contributed by atoms with Crippen molar-refractivity contribution in [2.75, 3.05) is 13.1 Å². The van der Waals surface area contributed by atoms with E-state index in [1.165, 1.54) is 0 Å². The highest BCUT2D eigenvalue weighted by molar-refractivity contribution is 5.91. The number of carbonyl (C=O) groups is 1. The molecule has 80 valence electrons. The number of piperidine rings is 1. The smallest absolute Gasteiger partial charge is 0.289 e. The Morgan fingerprint density at radius 2 is 2.53 bits per heavy atom. The summed E-state index contributed by atoms with van der Waals surface area (Å²) in [4.78, 5) is 14.0. The molecule has 0 aromatic carbocycles. The van der Waals surface area contributed by atoms with Crippen molar-refractivity contribution >= 4 is 5.91 Å². The molecule has 1 aromatic heterocycles. The van der Waals surface area contributed by atoms with Gasteiger partial charge in [0.25, 0.3) is 5.91 Å². The molecule has 2 atom stereocenters. The molecule has 2 fully saturated rings. The number of nitrogens with zero attached hydrogens (tertiary/aromatic N) is 1. The van der Waals surface area contributed by atoms with E-state index < -0.39 is 0 Å². The van der Waals surface area contributed by atoms with Crippen LogP contribution in [0.25, 0.3) is 0 Å². The number of fused-ring (bicyclic) bond motifs is 2. The van der Waals surface area contributed by atoms with Gasteiger partial charge in [-0.05, 0) is 25.0 Å². The topological polar surface area (TPSA) is 45.5 Å². The summed E-state index contributed by atoms with van der Waals surface area (Å²) < 4.78 is 5.14. The maximum Gasteiger partial charge on any atom is 0.289 e. The van der Waals surface area contributed by atoms with Gasteiger partial charge in [0.15, 0.2) is 5.76 Å². The van der Waals surface area contributed by atoms with Crippen LogP contribution in [0.2, 0.25) is 0 Å². The van der Waals surface area contributed by atoms with E-state index in [0.29, 0.717) is 17.8 Å². The standard InChI is InChI=1S/C11H14N2O2/c14-11(10-2-1-5-15-10)13-4-3-8-6-9(13)7-12-8/h1-2,5,8-9,12H,3-4,6-7H2. The Labute approximate surface area is 88.2 Å². The van der Waals surface area contributed by atoms with E-state index in [9.17, 15) is 4.79 Å². The van der Waals surface area contributed by atoms with Gasteiger partial charge in [-0.3, -0.25) is 4.79 Å². The molecule has 3 rings (SSSR count). The summed E-state index contributed by atoms with van der Waals surface area (Å²) in [7, 11) is 0. The van der Waals surface area contributed by atoms with E-state index in [1.54, 1.807) is 18.4 Å². The molecule has 0 saturated carbocycles. The number of amides is 1. The van der Waals surface area contributed by atoms with Gasteiger partial charge in [-0.25, -0.2) is 0 Å². The zero-order valence-electron chi connectivity index (χ0n) is 8.48. The largest absolute Gasteiger partial charge is 0.459 e. The van der Waals surface area contributed by atoms with Crippen molar-refractivity contribution in [3.8, 4) is 0 Å². The van der Waals surface area contributed by atoms with Gasteiger partial charge >= 0.3 is 0 Å². The molecule has 15 heavy (non-hydrogen) atoms. The van der Waals surface area contributed by atoms with E-state index >= 15 is 0 Å². The fourth-order valence-corrected chi connectivity index (χ4v) is 2.54. The second-order valence-corrected chi connectivity index (χ2v) is 4.26. The molecule has 3 heterocycles. The van der Waals surface area contributed by atoms with Crippen molar-refractivity contribution in [2.45, 2.75) is 24.9 Å². The van der Waals surface area contributed by atoms with Gasteiger partial charge in [-0.15, -0.1) is 0 Å². The number of carbonyl (C=O) groups excluding carboxylic acids is 1. The van der Waals surface area contributed by atoms with Gasteiger partial charge in [-0.2, -0.15) is 0 Å². The average molecular weight is 206 g/mol. The molecule has 4 nitrogen and oxygen atoms in total. The zero-order valence-corrected chi connectivity index (χ0v) is 8.48. The van der Waals surface area contributed by atoms with Crippen LogP contribution >= 0.6 is 0 Å². The fourth-order valence-electron chi connectivity index (χ4n) is 2.54. The molecule has 2 aliphatic rings. The predicted octanol–water partition coefficient (Wildman–Crippen LogP) is 0.856. The Bertz CT molecular complexity index is 361. The molecule has 0 aliphatic carbocycles. The third kappa shape index (κ3) is 1.45. The normalized spacial score (nSPS) is 29.5. The highest BCUT2D eigenvalue weighted by atomic mass is 16.3. The minimum Gasteiger partial charge on any atom is -0.459 e. The van der Waals surface area contributed by atoms with E-state index in [2.05, 4.69) is 5.32 Å². The van der Waals surface area contributed by atoms with Crippen LogP contribution in [-0.4, -0.2) is 36.0 Å². The maximum absolute atomic E-state index is 12.1. The Morgan fingerprint density at radius 3 is 3.33 bits per heavy atom. The molecule has 2 aliphatic heterocycles. The quantitative estimate of drug-likeness (QED) is 0.741. The summed E-state index contributed by atoms with van der Waals surface area (Å²) >= 11 is 0. The molecule has 0 spiro atoms. The van der Waals surface area contributed by atoms with Gasteiger partial charge < -0.3 is 14.6 Å². The van der Waals surface area contributed by atoms with Gasteiger partial charge in [0, 0.05) is 25.2 Å². The summed E-state index contributed by atoms with van der Waals surface area (Å²) in [6.45, 7) is 1.78. The molecule has 4 heteroatoms. The lowest BCUT2D eigenvalue weighted by Crippen LogP contribution is -2.44. The van der Waals surface area contributed by atoms with Crippen molar-refractivity contribution < 1.29 is 9.21 Å². The molecule has 1 aromatic rings. The lowest BCUT2D eigenvalue weighted by Gasteiger charge is -2.31. The summed E-state index contributed by atoms with van der Waals surface area (Å²) in [5.74, 6) is 0.493. The second-order valence-electron chi connectivity index (χ2n) is 4.26. The predicted molar refractivity (Wildman–Crippen MR) is 54.6 cm³/mol. The van der Waals surface area contributed by atoms with Gasteiger partial charge in [0.05, 0.1) is 6.26 Å². The Morgan fingerprint density at radius 1 is 1.60 bits per heavy atom. The van der Waals surface area contributed by atoms with Crippen molar-refractivity contribution in [2.24, 2.45) is 0 Å². The highest BCUT2D eigenvalue weighted by Gasteiger charge is 2.37. The number of rotatable bonds is 1. The van der Waals surface area contributed by atoms with Crippen molar-refractivity contribution in [3.63, 3.8) is 0 Å². The summed E-state index contributed by atoms with van der Waals surface area (Å²) in [6.07, 6.45) is 3.70. The van der Waals surface area contributed by atoms with Gasteiger partial charge in [-0.1, -0.05) is 0 Å². The van der Waals surface area contributed by atoms with Crippen LogP contribution in [0.5, 0.6) is 0 Å². The van der Waals surface area contributed by atoms with Crippen molar-refractivity contribution in [1.82, 2.24) is 10.2 Å². The number of hydrogen-bond donors (Lipinski definition) is 1. The molecular weight excluding hydrogens is 192 g/mol. The maximum atomic E-state index is 12.1. The molecule has 2 bridgehead atoms. The summed E-state index contributed by atoms with van der Waals surface area (Å²) in [5.41, 5.74) is 0. The molecular formula is C11H14N2O2. The molecule has 2 saturated heterocycles. The van der Waals surface area contributed by atoms with E-state index in [4.69, 9.17) is 4.42 Å². The Balaban J connectivity index is 1.79.